The van der Waals surface area contributed by atoms with Crippen LogP contribution in [0.1, 0.15) is 28.7 Å². The normalized spacial score (nSPS) is 13.5. The van der Waals surface area contributed by atoms with Gasteiger partial charge in [0, 0.05) is 31.3 Å². The maximum absolute atomic E-state index is 11.9. The molecule has 1 aliphatic rings. The zero-order valence-corrected chi connectivity index (χ0v) is 12.3. The summed E-state index contributed by atoms with van der Waals surface area (Å²) < 4.78 is 11.7. The van der Waals surface area contributed by atoms with Crippen molar-refractivity contribution in [3.05, 3.63) is 29.6 Å². The molecular weight excluding hydrogens is 274 g/mol. The lowest BCUT2D eigenvalue weighted by Crippen LogP contribution is -2.37. The van der Waals surface area contributed by atoms with Gasteiger partial charge in [-0.15, -0.1) is 0 Å². The highest BCUT2D eigenvalue weighted by Gasteiger charge is 2.30. The van der Waals surface area contributed by atoms with E-state index >= 15 is 0 Å². The van der Waals surface area contributed by atoms with E-state index < -0.39 is 12.1 Å². The van der Waals surface area contributed by atoms with Gasteiger partial charge in [0.1, 0.15) is 6.61 Å². The van der Waals surface area contributed by atoms with Gasteiger partial charge in [-0.1, -0.05) is 12.7 Å². The highest BCUT2D eigenvalue weighted by atomic mass is 16.6. The van der Waals surface area contributed by atoms with Crippen molar-refractivity contribution in [2.24, 2.45) is 7.05 Å². The highest BCUT2D eigenvalue weighted by Crippen LogP contribution is 2.23. The molecule has 2 heterocycles. The quantitative estimate of drug-likeness (QED) is 0.617. The van der Waals surface area contributed by atoms with Crippen LogP contribution in [0.2, 0.25) is 0 Å². The van der Waals surface area contributed by atoms with Crippen LogP contribution in [-0.2, 0) is 29.5 Å². The number of fused-ring (bicyclic) bond motifs is 1. The van der Waals surface area contributed by atoms with E-state index in [4.69, 9.17) is 9.47 Å². The number of aromatic nitrogens is 2. The molecule has 0 aliphatic carbocycles. The van der Waals surface area contributed by atoms with Crippen LogP contribution in [0.25, 0.3) is 0 Å². The van der Waals surface area contributed by atoms with Gasteiger partial charge < -0.3 is 14.4 Å². The first-order valence-electron chi connectivity index (χ1n) is 6.83. The molecule has 0 unspecified atom stereocenters. The topological polar surface area (TPSA) is 73.7 Å². The molecule has 0 saturated heterocycles. The third kappa shape index (κ3) is 3.07. The number of esters is 1. The summed E-state index contributed by atoms with van der Waals surface area (Å²) in [6, 6.07) is 0. The molecule has 1 aromatic heterocycles. The number of rotatable bonds is 4. The van der Waals surface area contributed by atoms with Gasteiger partial charge in [0.05, 0.1) is 13.2 Å². The van der Waals surface area contributed by atoms with Gasteiger partial charge in [-0.2, -0.15) is 5.10 Å². The summed E-state index contributed by atoms with van der Waals surface area (Å²) in [6.45, 7) is 6.53. The van der Waals surface area contributed by atoms with E-state index in [1.807, 2.05) is 0 Å². The molecule has 114 valence electrons. The minimum absolute atomic E-state index is 0.167. The second-order valence-corrected chi connectivity index (χ2v) is 4.66. The van der Waals surface area contributed by atoms with Gasteiger partial charge in [-0.05, 0) is 6.92 Å². The van der Waals surface area contributed by atoms with Gasteiger partial charge in [-0.25, -0.2) is 9.59 Å². The Bertz CT molecular complexity index is 565. The minimum Gasteiger partial charge on any atom is -0.461 e. The zero-order chi connectivity index (χ0) is 15.4. The lowest BCUT2D eigenvalue weighted by Gasteiger charge is -2.26. The van der Waals surface area contributed by atoms with Crippen molar-refractivity contribution in [1.29, 1.82) is 0 Å². The van der Waals surface area contributed by atoms with Crippen LogP contribution >= 0.6 is 0 Å². The number of carbonyl (C=O) groups is 2. The number of hydrogen-bond donors (Lipinski definition) is 0. The van der Waals surface area contributed by atoms with E-state index in [1.165, 1.54) is 6.08 Å². The Morgan fingerprint density at radius 1 is 1.43 bits per heavy atom. The van der Waals surface area contributed by atoms with Crippen LogP contribution in [0.3, 0.4) is 0 Å². The molecule has 0 fully saturated rings. The van der Waals surface area contributed by atoms with E-state index in [0.29, 0.717) is 19.5 Å². The Hall–Kier alpha value is -2.31. The number of hydrogen-bond acceptors (Lipinski definition) is 5. The predicted octanol–water partition coefficient (Wildman–Crippen LogP) is 1.28. The molecule has 0 bridgehead atoms. The number of ether oxygens (including phenoxy) is 2. The Morgan fingerprint density at radius 2 is 2.19 bits per heavy atom. The van der Waals surface area contributed by atoms with Crippen molar-refractivity contribution < 1.29 is 19.1 Å². The van der Waals surface area contributed by atoms with Gasteiger partial charge >= 0.3 is 12.1 Å². The maximum atomic E-state index is 11.9. The first-order valence-corrected chi connectivity index (χ1v) is 6.83. The summed E-state index contributed by atoms with van der Waals surface area (Å²) in [4.78, 5) is 25.4. The first kappa shape index (κ1) is 15.1. The summed E-state index contributed by atoms with van der Waals surface area (Å²) in [5.41, 5.74) is 1.96. The standard InChI is InChI=1S/C14H19N3O4/c1-4-8-21-14(19)17-7-6-11-10(9-17)12(15-16(11)3)13(18)20-5-2/h4H,1,5-9H2,2-3H3. The van der Waals surface area contributed by atoms with E-state index in [9.17, 15) is 9.59 Å². The molecule has 1 aliphatic heterocycles. The van der Waals surface area contributed by atoms with E-state index in [2.05, 4.69) is 11.7 Å². The third-order valence-corrected chi connectivity index (χ3v) is 3.29. The summed E-state index contributed by atoms with van der Waals surface area (Å²) in [7, 11) is 1.78. The SMILES string of the molecule is C=CCOC(=O)N1CCc2c(c(C(=O)OCC)nn2C)C1. The molecule has 0 saturated carbocycles. The Balaban J connectivity index is 2.20. The molecule has 0 spiro atoms. The summed E-state index contributed by atoms with van der Waals surface area (Å²) in [6.07, 6.45) is 1.72. The first-order chi connectivity index (χ1) is 10.1. The Labute approximate surface area is 123 Å². The van der Waals surface area contributed by atoms with Crippen molar-refractivity contribution in [3.63, 3.8) is 0 Å². The average Bonchev–Trinajstić information content (AvgIpc) is 2.82. The van der Waals surface area contributed by atoms with Gasteiger partial charge in [-0.3, -0.25) is 4.68 Å². The van der Waals surface area contributed by atoms with E-state index in [-0.39, 0.29) is 18.9 Å². The van der Waals surface area contributed by atoms with Crippen molar-refractivity contribution >= 4 is 12.1 Å². The van der Waals surface area contributed by atoms with E-state index in [0.717, 1.165) is 11.3 Å². The molecule has 0 atom stereocenters. The van der Waals surface area contributed by atoms with Crippen LogP contribution in [0.5, 0.6) is 0 Å². The van der Waals surface area contributed by atoms with E-state index in [1.54, 1.807) is 23.6 Å². The fourth-order valence-electron chi connectivity index (χ4n) is 2.33. The van der Waals surface area contributed by atoms with Crippen molar-refractivity contribution in [2.45, 2.75) is 19.9 Å². The summed E-state index contributed by atoms with van der Waals surface area (Å²) >= 11 is 0. The monoisotopic (exact) mass is 293 g/mol. The molecule has 1 aromatic rings. The zero-order valence-electron chi connectivity index (χ0n) is 12.3. The summed E-state index contributed by atoms with van der Waals surface area (Å²) in [5.74, 6) is -0.462. The molecule has 0 N–H and O–H groups in total. The van der Waals surface area contributed by atoms with Gasteiger partial charge in [0.2, 0.25) is 0 Å². The summed E-state index contributed by atoms with van der Waals surface area (Å²) in [5, 5.41) is 4.21. The van der Waals surface area contributed by atoms with Crippen LogP contribution in [-0.4, -0.2) is 46.5 Å². The van der Waals surface area contributed by atoms with Crippen LogP contribution in [0, 0.1) is 0 Å². The number of carbonyl (C=O) groups excluding carboxylic acids is 2. The molecule has 1 amide bonds. The van der Waals surface area contributed by atoms with Crippen molar-refractivity contribution in [2.75, 3.05) is 19.8 Å². The second-order valence-electron chi connectivity index (χ2n) is 4.66. The number of nitrogens with zero attached hydrogens (tertiary/aromatic N) is 3. The molecule has 7 heteroatoms. The smallest absolute Gasteiger partial charge is 0.410 e. The molecular formula is C14H19N3O4. The van der Waals surface area contributed by atoms with Crippen molar-refractivity contribution in [3.8, 4) is 0 Å². The average molecular weight is 293 g/mol. The van der Waals surface area contributed by atoms with Gasteiger partial charge in [0.15, 0.2) is 5.69 Å². The van der Waals surface area contributed by atoms with Crippen LogP contribution in [0.4, 0.5) is 4.79 Å². The molecule has 2 rings (SSSR count). The number of amides is 1. The Kier molecular flexibility index (Phi) is 4.62. The van der Waals surface area contributed by atoms with Crippen LogP contribution < -0.4 is 0 Å². The highest BCUT2D eigenvalue weighted by molar-refractivity contribution is 5.89. The largest absolute Gasteiger partial charge is 0.461 e. The minimum atomic E-state index is -0.462. The van der Waals surface area contributed by atoms with Gasteiger partial charge in [0.25, 0.3) is 0 Å². The van der Waals surface area contributed by atoms with Crippen LogP contribution in [0.15, 0.2) is 12.7 Å². The molecule has 0 aromatic carbocycles. The second kappa shape index (κ2) is 6.43. The fraction of sp³-hybridized carbons (Fsp3) is 0.500. The molecule has 0 radical (unpaired) electrons. The fourth-order valence-corrected chi connectivity index (χ4v) is 2.33. The maximum Gasteiger partial charge on any atom is 0.410 e. The predicted molar refractivity (Wildman–Crippen MR) is 74.8 cm³/mol. The molecule has 7 nitrogen and oxygen atoms in total. The lowest BCUT2D eigenvalue weighted by atomic mass is 10.1. The number of aryl methyl sites for hydroxylation is 1. The lowest BCUT2D eigenvalue weighted by molar-refractivity contribution is 0.0514. The van der Waals surface area contributed by atoms with Crippen molar-refractivity contribution in [1.82, 2.24) is 14.7 Å². The molecule has 21 heavy (non-hydrogen) atoms. The third-order valence-electron chi connectivity index (χ3n) is 3.29. The Morgan fingerprint density at radius 3 is 2.86 bits per heavy atom.